The Morgan fingerprint density at radius 3 is 2.74 bits per heavy atom. The summed E-state index contributed by atoms with van der Waals surface area (Å²) in [4.78, 5) is 16.6. The molecule has 2 aromatic rings. The Kier molecular flexibility index (Phi) is 6.49. The van der Waals surface area contributed by atoms with Crippen LogP contribution in [0.15, 0.2) is 29.4 Å². The molecule has 2 aromatic heterocycles. The van der Waals surface area contributed by atoms with E-state index in [1.165, 1.54) is 17.5 Å². The van der Waals surface area contributed by atoms with Gasteiger partial charge in [-0.05, 0) is 18.9 Å². The van der Waals surface area contributed by atoms with Crippen molar-refractivity contribution in [3.63, 3.8) is 0 Å². The van der Waals surface area contributed by atoms with Gasteiger partial charge in [-0.1, -0.05) is 17.7 Å². The summed E-state index contributed by atoms with van der Waals surface area (Å²) >= 11 is 0. The molecular formula is C21H25F3N6O4. The van der Waals surface area contributed by atoms with Gasteiger partial charge in [0.2, 0.25) is 6.54 Å². The average Bonchev–Trinajstić information content (AvgIpc) is 3.13. The number of morpholine rings is 1. The van der Waals surface area contributed by atoms with Crippen LogP contribution in [0.2, 0.25) is 0 Å². The Labute approximate surface area is 192 Å². The number of ether oxygens (including phenoxy) is 1. The molecule has 0 saturated carbocycles. The maximum absolute atomic E-state index is 13.5. The molecule has 0 radical (unpaired) electrons. The molecule has 3 heterocycles. The number of hydrogen-bond acceptors (Lipinski definition) is 8. The number of alkyl halides is 3. The minimum absolute atomic E-state index is 0.0298. The summed E-state index contributed by atoms with van der Waals surface area (Å²) in [6.07, 6.45) is -3.13. The fraction of sp³-hybridized carbons (Fsp3) is 0.524. The Morgan fingerprint density at radius 2 is 2.09 bits per heavy atom. The summed E-state index contributed by atoms with van der Waals surface area (Å²) in [5.74, 6) is -1.11. The smallest absolute Gasteiger partial charge is 0.395 e. The van der Waals surface area contributed by atoms with Gasteiger partial charge in [-0.2, -0.15) is 13.2 Å². The number of nitro groups is 1. The van der Waals surface area contributed by atoms with Crippen molar-refractivity contribution in [1.29, 1.82) is 0 Å². The number of aliphatic hydroxyl groups is 1. The van der Waals surface area contributed by atoms with Gasteiger partial charge in [0.25, 0.3) is 0 Å². The van der Waals surface area contributed by atoms with Gasteiger partial charge in [0, 0.05) is 30.5 Å². The van der Waals surface area contributed by atoms with Crippen LogP contribution in [-0.4, -0.2) is 63.7 Å². The summed E-state index contributed by atoms with van der Waals surface area (Å²) in [6, 6.07) is 1.62. The molecule has 1 aliphatic heterocycles. The number of allylic oxidation sites excluding steroid dienone is 4. The van der Waals surface area contributed by atoms with Gasteiger partial charge in [0.05, 0.1) is 30.5 Å². The van der Waals surface area contributed by atoms with E-state index in [-0.39, 0.29) is 41.1 Å². The summed E-state index contributed by atoms with van der Waals surface area (Å²) in [5, 5.41) is 26.2. The zero-order valence-corrected chi connectivity index (χ0v) is 18.5. The molecule has 4 rings (SSSR count). The lowest BCUT2D eigenvalue weighted by atomic mass is 9.85. The zero-order valence-electron chi connectivity index (χ0n) is 18.5. The second-order valence-electron chi connectivity index (χ2n) is 8.38. The van der Waals surface area contributed by atoms with Crippen molar-refractivity contribution in [2.75, 3.05) is 43.5 Å². The molecule has 184 valence electrons. The van der Waals surface area contributed by atoms with Gasteiger partial charge < -0.3 is 20.5 Å². The van der Waals surface area contributed by atoms with Gasteiger partial charge in [-0.15, -0.1) is 5.10 Å². The molecular weight excluding hydrogens is 457 g/mol. The van der Waals surface area contributed by atoms with Crippen LogP contribution in [0.1, 0.15) is 30.8 Å². The molecule has 10 nitrogen and oxygen atoms in total. The molecule has 0 spiro atoms. The highest BCUT2D eigenvalue weighted by Gasteiger charge is 2.41. The number of rotatable bonds is 6. The number of aromatic nitrogens is 3. The second kappa shape index (κ2) is 9.22. The zero-order chi connectivity index (χ0) is 24.6. The first-order valence-corrected chi connectivity index (χ1v) is 10.8. The molecule has 0 aromatic carbocycles. The van der Waals surface area contributed by atoms with Crippen LogP contribution >= 0.6 is 0 Å². The molecule has 13 heteroatoms. The second-order valence-corrected chi connectivity index (χ2v) is 8.38. The maximum atomic E-state index is 13.5. The largest absolute Gasteiger partial charge is 0.396 e. The van der Waals surface area contributed by atoms with Crippen LogP contribution in [-0.2, 0) is 11.2 Å². The van der Waals surface area contributed by atoms with Crippen LogP contribution in [0.25, 0.3) is 5.65 Å². The molecule has 2 aliphatic rings. The molecule has 1 fully saturated rings. The number of nitrogens with zero attached hydrogens (tertiary/aromatic N) is 5. The third-order valence-corrected chi connectivity index (χ3v) is 6.17. The number of fused-ring (bicyclic) bond motifs is 1. The first-order valence-electron chi connectivity index (χ1n) is 10.8. The monoisotopic (exact) mass is 482 g/mol. The van der Waals surface area contributed by atoms with Gasteiger partial charge in [0.1, 0.15) is 5.69 Å². The van der Waals surface area contributed by atoms with Crippen molar-refractivity contribution in [3.8, 4) is 0 Å². The van der Waals surface area contributed by atoms with Crippen molar-refractivity contribution in [3.05, 3.63) is 50.9 Å². The molecule has 34 heavy (non-hydrogen) atoms. The number of anilines is 2. The quantitative estimate of drug-likeness (QED) is 0.474. The lowest BCUT2D eigenvalue weighted by molar-refractivity contribution is -0.491. The molecule has 1 aliphatic carbocycles. The van der Waals surface area contributed by atoms with Crippen molar-refractivity contribution in [1.82, 2.24) is 14.6 Å². The summed E-state index contributed by atoms with van der Waals surface area (Å²) in [6.45, 7) is 2.75. The summed E-state index contributed by atoms with van der Waals surface area (Å²) < 4.78 is 47.3. The van der Waals surface area contributed by atoms with E-state index in [4.69, 9.17) is 10.5 Å². The highest BCUT2D eigenvalue weighted by Crippen LogP contribution is 2.39. The molecule has 0 amide bonds. The van der Waals surface area contributed by atoms with E-state index in [9.17, 15) is 28.4 Å². The topological polar surface area (TPSA) is 132 Å². The molecule has 0 bridgehead atoms. The number of nitrogen functional groups attached to an aromatic ring is 1. The van der Waals surface area contributed by atoms with Crippen LogP contribution < -0.4 is 10.6 Å². The van der Waals surface area contributed by atoms with Crippen molar-refractivity contribution in [2.24, 2.45) is 5.92 Å². The minimum Gasteiger partial charge on any atom is -0.396 e. The van der Waals surface area contributed by atoms with Gasteiger partial charge in [-0.3, -0.25) is 10.1 Å². The average molecular weight is 482 g/mol. The number of imidazole rings is 1. The molecule has 2 unspecified atom stereocenters. The molecule has 3 N–H and O–H groups in total. The van der Waals surface area contributed by atoms with Gasteiger partial charge >= 0.3 is 6.18 Å². The Hall–Kier alpha value is -3.19. The van der Waals surface area contributed by atoms with E-state index in [1.54, 1.807) is 12.1 Å². The lowest BCUT2D eigenvalue weighted by Gasteiger charge is -2.28. The highest BCUT2D eigenvalue weighted by molar-refractivity contribution is 5.69. The maximum Gasteiger partial charge on any atom is 0.395 e. The number of nitrogens with two attached hydrogens (primary N) is 1. The first kappa shape index (κ1) is 24.0. The van der Waals surface area contributed by atoms with Crippen LogP contribution in [0.4, 0.5) is 24.7 Å². The summed E-state index contributed by atoms with van der Waals surface area (Å²) in [7, 11) is 0. The van der Waals surface area contributed by atoms with E-state index in [2.05, 4.69) is 10.1 Å². The Bertz CT molecular complexity index is 1150. The fourth-order valence-electron chi connectivity index (χ4n) is 4.34. The predicted molar refractivity (Wildman–Crippen MR) is 117 cm³/mol. The SMILES string of the molecule is CC1=C(Cc2c(C(O)C[N+](=O)[O-])nc3c(N)cc(N4CCOCC4)nn23)C=CCC1C(F)(F)F. The Morgan fingerprint density at radius 1 is 1.38 bits per heavy atom. The molecule has 2 atom stereocenters. The van der Waals surface area contributed by atoms with Crippen molar-refractivity contribution < 1.29 is 27.9 Å². The Balaban J connectivity index is 1.84. The number of halogens is 3. The van der Waals surface area contributed by atoms with Gasteiger partial charge in [-0.25, -0.2) is 9.50 Å². The van der Waals surface area contributed by atoms with E-state index in [1.807, 2.05) is 4.90 Å². The van der Waals surface area contributed by atoms with Gasteiger partial charge in [0.15, 0.2) is 17.6 Å². The third-order valence-electron chi connectivity index (χ3n) is 6.17. The normalized spacial score (nSPS) is 20.3. The van der Waals surface area contributed by atoms with Crippen molar-refractivity contribution in [2.45, 2.75) is 32.0 Å². The highest BCUT2D eigenvalue weighted by atomic mass is 19.4. The predicted octanol–water partition coefficient (Wildman–Crippen LogP) is 2.46. The van der Waals surface area contributed by atoms with Crippen LogP contribution in [0.5, 0.6) is 0 Å². The fourth-order valence-corrected chi connectivity index (χ4v) is 4.34. The lowest BCUT2D eigenvalue weighted by Crippen LogP contribution is -2.37. The standard InChI is InChI=1S/C21H25F3N6O4/c1-12-13(3-2-4-14(12)21(22,23)24)9-16-19(17(31)11-29(32)33)26-20-15(25)10-18(27-30(16)20)28-5-7-34-8-6-28/h2-3,10,14,17,31H,4-9,11,25H2,1H3. The third kappa shape index (κ3) is 4.71. The first-order chi connectivity index (χ1) is 16.1. The van der Waals surface area contributed by atoms with E-state index in [0.29, 0.717) is 37.7 Å². The molecule has 1 saturated heterocycles. The number of hydrogen-bond donors (Lipinski definition) is 2. The number of aliphatic hydroxyl groups excluding tert-OH is 1. The minimum atomic E-state index is -4.40. The van der Waals surface area contributed by atoms with E-state index < -0.39 is 29.7 Å². The van der Waals surface area contributed by atoms with Crippen LogP contribution in [0, 0.1) is 16.0 Å². The summed E-state index contributed by atoms with van der Waals surface area (Å²) in [5.41, 5.74) is 7.39. The van der Waals surface area contributed by atoms with Crippen LogP contribution in [0.3, 0.4) is 0 Å². The van der Waals surface area contributed by atoms with E-state index >= 15 is 0 Å². The van der Waals surface area contributed by atoms with E-state index in [0.717, 1.165) is 0 Å². The van der Waals surface area contributed by atoms with Crippen molar-refractivity contribution >= 4 is 17.2 Å².